The van der Waals surface area contributed by atoms with E-state index in [0.717, 1.165) is 49.3 Å². The number of nitrogens with one attached hydrogen (secondary N) is 1. The van der Waals surface area contributed by atoms with Crippen LogP contribution in [0.15, 0.2) is 42.7 Å². The summed E-state index contributed by atoms with van der Waals surface area (Å²) < 4.78 is 8.17. The summed E-state index contributed by atoms with van der Waals surface area (Å²) in [6, 6.07) is 9.71. The van der Waals surface area contributed by atoms with Gasteiger partial charge in [0, 0.05) is 47.5 Å². The Hall–Kier alpha value is -3.72. The molecule has 1 aromatic carbocycles. The van der Waals surface area contributed by atoms with Gasteiger partial charge < -0.3 is 9.64 Å². The van der Waals surface area contributed by atoms with Gasteiger partial charge in [-0.3, -0.25) is 24.6 Å². The molecule has 2 saturated heterocycles. The van der Waals surface area contributed by atoms with Gasteiger partial charge >= 0.3 is 0 Å². The number of pyridine rings is 1. The Morgan fingerprint density at radius 3 is 2.81 bits per heavy atom. The first-order valence-electron chi connectivity index (χ1n) is 12.6. The molecule has 4 aliphatic heterocycles. The van der Waals surface area contributed by atoms with Crippen molar-refractivity contribution < 1.29 is 19.1 Å². The van der Waals surface area contributed by atoms with E-state index in [9.17, 15) is 14.4 Å². The number of hydrogen-bond donors (Lipinski definition) is 1. The van der Waals surface area contributed by atoms with Crippen LogP contribution in [0.2, 0.25) is 0 Å². The van der Waals surface area contributed by atoms with Gasteiger partial charge in [-0.2, -0.15) is 5.10 Å². The number of carbonyl (C=O) groups is 3. The van der Waals surface area contributed by atoms with Gasteiger partial charge in [-0.05, 0) is 62.2 Å². The number of hydrogen-bond acceptors (Lipinski definition) is 6. The summed E-state index contributed by atoms with van der Waals surface area (Å²) in [5.74, 6) is 0.00799. The molecule has 2 aromatic heterocycles. The van der Waals surface area contributed by atoms with E-state index in [1.807, 2.05) is 29.0 Å². The van der Waals surface area contributed by atoms with Crippen molar-refractivity contribution in [3.05, 3.63) is 65.0 Å². The first-order chi connectivity index (χ1) is 17.5. The van der Waals surface area contributed by atoms with Gasteiger partial charge in [0.1, 0.15) is 11.8 Å². The summed E-state index contributed by atoms with van der Waals surface area (Å²) in [5.41, 5.74) is 5.04. The Bertz CT molecular complexity index is 1420. The van der Waals surface area contributed by atoms with Gasteiger partial charge in [0.25, 0.3) is 5.91 Å². The molecule has 0 bridgehead atoms. The van der Waals surface area contributed by atoms with E-state index in [-0.39, 0.29) is 29.6 Å². The minimum Gasteiger partial charge on any atom is -0.492 e. The van der Waals surface area contributed by atoms with Crippen molar-refractivity contribution in [3.63, 3.8) is 0 Å². The first-order valence-corrected chi connectivity index (χ1v) is 12.6. The van der Waals surface area contributed by atoms with E-state index in [1.165, 1.54) is 11.1 Å². The van der Waals surface area contributed by atoms with Gasteiger partial charge in [0.15, 0.2) is 0 Å². The first kappa shape index (κ1) is 21.6. The maximum absolute atomic E-state index is 13.2. The number of benzene rings is 1. The summed E-state index contributed by atoms with van der Waals surface area (Å²) in [4.78, 5) is 41.2. The number of rotatable bonds is 3. The smallest absolute Gasteiger partial charge is 0.255 e. The SMILES string of the molecule is O=C1CCC(N2Cc3c(ccc4c3OCC43CCN(Cc4ccn5nccc5c4)CC3)C2=O)C(=O)N1. The molecule has 1 N–H and O–H groups in total. The second kappa shape index (κ2) is 7.89. The molecular formula is C27H27N5O4. The van der Waals surface area contributed by atoms with Crippen LogP contribution in [0.4, 0.5) is 0 Å². The standard InChI is InChI=1S/C27H27N5O4/c33-23-4-3-22(25(34)29-23)31-15-20-19(26(31)35)1-2-21-24(20)36-16-27(21)7-11-30(12-8-27)14-17-6-10-32-18(13-17)5-9-28-32/h1-2,5-6,9-10,13,22H,3-4,7-8,11-12,14-16H2,(H,29,33,34). The number of piperidine rings is 2. The molecule has 184 valence electrons. The van der Waals surface area contributed by atoms with Gasteiger partial charge in [-0.15, -0.1) is 0 Å². The zero-order chi connectivity index (χ0) is 24.4. The molecule has 1 atom stereocenters. The van der Waals surface area contributed by atoms with Crippen LogP contribution < -0.4 is 10.1 Å². The van der Waals surface area contributed by atoms with Crippen LogP contribution in [0.5, 0.6) is 5.75 Å². The molecule has 9 heteroatoms. The lowest BCUT2D eigenvalue weighted by atomic mass is 9.74. The predicted octanol–water partition coefficient (Wildman–Crippen LogP) is 2.02. The zero-order valence-electron chi connectivity index (χ0n) is 19.9. The number of carbonyl (C=O) groups excluding carboxylic acids is 3. The highest BCUT2D eigenvalue weighted by Crippen LogP contribution is 2.49. The van der Waals surface area contributed by atoms with Crippen LogP contribution in [-0.4, -0.2) is 62.9 Å². The lowest BCUT2D eigenvalue weighted by molar-refractivity contribution is -0.136. The largest absolute Gasteiger partial charge is 0.492 e. The van der Waals surface area contributed by atoms with Crippen LogP contribution in [-0.2, 0) is 28.1 Å². The van der Waals surface area contributed by atoms with Crippen molar-refractivity contribution in [2.24, 2.45) is 0 Å². The van der Waals surface area contributed by atoms with Crippen molar-refractivity contribution in [2.75, 3.05) is 19.7 Å². The Morgan fingerprint density at radius 2 is 1.97 bits per heavy atom. The molecule has 0 aliphatic carbocycles. The minimum atomic E-state index is -0.612. The Balaban J connectivity index is 1.08. The Kier molecular flexibility index (Phi) is 4.73. The number of aromatic nitrogens is 2. The van der Waals surface area contributed by atoms with Crippen molar-refractivity contribution in [1.29, 1.82) is 0 Å². The molecule has 0 saturated carbocycles. The minimum absolute atomic E-state index is 0.0403. The Labute approximate surface area is 208 Å². The van der Waals surface area contributed by atoms with Crippen LogP contribution in [0.25, 0.3) is 5.52 Å². The molecule has 4 aliphatic rings. The molecule has 9 nitrogen and oxygen atoms in total. The molecule has 3 amide bonds. The van der Waals surface area contributed by atoms with Crippen LogP contribution in [0.3, 0.4) is 0 Å². The van der Waals surface area contributed by atoms with E-state index >= 15 is 0 Å². The van der Waals surface area contributed by atoms with Crippen molar-refractivity contribution in [1.82, 2.24) is 24.7 Å². The van der Waals surface area contributed by atoms with E-state index in [4.69, 9.17) is 4.74 Å². The number of imide groups is 1. The fourth-order valence-corrected chi connectivity index (χ4v) is 6.36. The zero-order valence-corrected chi connectivity index (χ0v) is 19.9. The fraction of sp³-hybridized carbons (Fsp3) is 0.407. The summed E-state index contributed by atoms with van der Waals surface area (Å²) in [7, 11) is 0. The molecule has 6 heterocycles. The van der Waals surface area contributed by atoms with Gasteiger partial charge in [-0.1, -0.05) is 6.07 Å². The maximum Gasteiger partial charge on any atom is 0.255 e. The fourth-order valence-electron chi connectivity index (χ4n) is 6.36. The number of fused-ring (bicyclic) bond motifs is 5. The lowest BCUT2D eigenvalue weighted by Crippen LogP contribution is -2.52. The van der Waals surface area contributed by atoms with Crippen molar-refractivity contribution in [3.8, 4) is 5.75 Å². The summed E-state index contributed by atoms with van der Waals surface area (Å²) in [5, 5.41) is 6.64. The number of likely N-dealkylation sites (tertiary alicyclic amines) is 1. The van der Waals surface area contributed by atoms with E-state index in [1.54, 1.807) is 4.90 Å². The number of ether oxygens (including phenoxy) is 1. The number of nitrogens with zero attached hydrogens (tertiary/aromatic N) is 4. The van der Waals surface area contributed by atoms with Crippen molar-refractivity contribution >= 4 is 23.2 Å². The van der Waals surface area contributed by atoms with Gasteiger partial charge in [0.05, 0.1) is 18.7 Å². The normalized spacial score (nSPS) is 23.2. The second-order valence-electron chi connectivity index (χ2n) is 10.4. The lowest BCUT2D eigenvalue weighted by Gasteiger charge is -2.38. The molecule has 7 rings (SSSR count). The average molecular weight is 486 g/mol. The molecule has 36 heavy (non-hydrogen) atoms. The third-order valence-electron chi connectivity index (χ3n) is 8.41. The summed E-state index contributed by atoms with van der Waals surface area (Å²) >= 11 is 0. The Morgan fingerprint density at radius 1 is 1.11 bits per heavy atom. The van der Waals surface area contributed by atoms with E-state index in [0.29, 0.717) is 25.1 Å². The molecular weight excluding hydrogens is 458 g/mol. The van der Waals surface area contributed by atoms with Crippen LogP contribution in [0, 0.1) is 0 Å². The highest BCUT2D eigenvalue weighted by Gasteiger charge is 2.47. The highest BCUT2D eigenvalue weighted by atomic mass is 16.5. The molecule has 1 spiro atoms. The molecule has 0 radical (unpaired) electrons. The summed E-state index contributed by atoms with van der Waals surface area (Å²) in [6.07, 6.45) is 6.44. The monoisotopic (exact) mass is 485 g/mol. The maximum atomic E-state index is 13.2. The van der Waals surface area contributed by atoms with Gasteiger partial charge in [0.2, 0.25) is 11.8 Å². The van der Waals surface area contributed by atoms with Crippen LogP contribution >= 0.6 is 0 Å². The van der Waals surface area contributed by atoms with E-state index < -0.39 is 6.04 Å². The third-order valence-corrected chi connectivity index (χ3v) is 8.41. The van der Waals surface area contributed by atoms with Crippen molar-refractivity contribution in [2.45, 2.75) is 50.2 Å². The van der Waals surface area contributed by atoms with Gasteiger partial charge in [-0.25, -0.2) is 4.52 Å². The summed E-state index contributed by atoms with van der Waals surface area (Å²) in [6.45, 7) is 3.84. The third kappa shape index (κ3) is 3.26. The number of amides is 3. The quantitative estimate of drug-likeness (QED) is 0.571. The molecule has 2 fully saturated rings. The van der Waals surface area contributed by atoms with E-state index in [2.05, 4.69) is 33.5 Å². The molecule has 3 aromatic rings. The highest BCUT2D eigenvalue weighted by molar-refractivity contribution is 6.05. The second-order valence-corrected chi connectivity index (χ2v) is 10.4. The topological polar surface area (TPSA) is 96.2 Å². The van der Waals surface area contributed by atoms with Crippen LogP contribution in [0.1, 0.15) is 52.7 Å². The predicted molar refractivity (Wildman–Crippen MR) is 129 cm³/mol. The average Bonchev–Trinajstić information content (AvgIpc) is 3.57. The molecule has 1 unspecified atom stereocenters.